The average Bonchev–Trinajstić information content (AvgIpc) is 3.61. The molecule has 9 nitrogen and oxygen atoms in total. The molecule has 0 radical (unpaired) electrons. The number of aromatic nitrogens is 2. The Hall–Kier alpha value is -4.09. The standard InChI is InChI=1S/C27H24FN5O4S/c28-19-11-18(32-27(35)31-17-2-3-17)4-6-22(19)37-23-7-8-29-21-12-24(38-26(21)23)20-5-1-16(13-30-20)14-33-9-10-36-15-25(33)34/h1,4-8,11-13,17H,2-3,9-10,14-15H2,(H2,31,32,35). The van der Waals surface area contributed by atoms with Crippen molar-refractivity contribution in [1.82, 2.24) is 20.2 Å². The van der Waals surface area contributed by atoms with Crippen LogP contribution < -0.4 is 15.4 Å². The van der Waals surface area contributed by atoms with E-state index in [0.29, 0.717) is 36.6 Å². The van der Waals surface area contributed by atoms with E-state index in [9.17, 15) is 14.0 Å². The van der Waals surface area contributed by atoms with Crippen molar-refractivity contribution in [3.8, 4) is 22.1 Å². The monoisotopic (exact) mass is 533 g/mol. The molecule has 1 aromatic carbocycles. The summed E-state index contributed by atoms with van der Waals surface area (Å²) >= 11 is 1.45. The van der Waals surface area contributed by atoms with Crippen LogP contribution in [0.1, 0.15) is 18.4 Å². The highest BCUT2D eigenvalue weighted by molar-refractivity contribution is 7.22. The number of carbonyl (C=O) groups is 2. The van der Waals surface area contributed by atoms with Gasteiger partial charge in [0.1, 0.15) is 12.4 Å². The Balaban J connectivity index is 1.17. The van der Waals surface area contributed by atoms with Crippen molar-refractivity contribution in [2.45, 2.75) is 25.4 Å². The van der Waals surface area contributed by atoms with Crippen molar-refractivity contribution in [3.05, 3.63) is 66.2 Å². The third-order valence-electron chi connectivity index (χ3n) is 6.23. The summed E-state index contributed by atoms with van der Waals surface area (Å²) in [6.45, 7) is 1.72. The Labute approximate surface area is 221 Å². The van der Waals surface area contributed by atoms with Crippen LogP contribution in [0.2, 0.25) is 0 Å². The van der Waals surface area contributed by atoms with Crippen molar-refractivity contribution in [1.29, 1.82) is 0 Å². The Morgan fingerprint density at radius 1 is 1.16 bits per heavy atom. The van der Waals surface area contributed by atoms with Gasteiger partial charge in [0, 0.05) is 49.3 Å². The number of ether oxygens (including phenoxy) is 2. The predicted octanol–water partition coefficient (Wildman–Crippen LogP) is 4.93. The number of morpholine rings is 1. The van der Waals surface area contributed by atoms with E-state index in [1.807, 2.05) is 18.2 Å². The molecule has 4 heterocycles. The molecule has 1 saturated carbocycles. The second kappa shape index (κ2) is 10.3. The van der Waals surface area contributed by atoms with Crippen LogP contribution in [0.3, 0.4) is 0 Å². The van der Waals surface area contributed by atoms with Gasteiger partial charge in [-0.05, 0) is 42.7 Å². The molecular formula is C27H24FN5O4S. The number of fused-ring (bicyclic) bond motifs is 1. The molecule has 2 N–H and O–H groups in total. The lowest BCUT2D eigenvalue weighted by Gasteiger charge is -2.26. The summed E-state index contributed by atoms with van der Waals surface area (Å²) in [6.07, 6.45) is 5.32. The zero-order valence-corrected chi connectivity index (χ0v) is 21.1. The quantitative estimate of drug-likeness (QED) is 0.349. The first-order valence-corrected chi connectivity index (χ1v) is 13.1. The summed E-state index contributed by atoms with van der Waals surface area (Å²) < 4.78 is 26.7. The number of nitrogens with one attached hydrogen (secondary N) is 2. The highest BCUT2D eigenvalue weighted by Gasteiger charge is 2.23. The number of hydrogen-bond acceptors (Lipinski definition) is 7. The van der Waals surface area contributed by atoms with E-state index in [2.05, 4.69) is 20.6 Å². The highest BCUT2D eigenvalue weighted by atomic mass is 32.1. The maximum absolute atomic E-state index is 14.8. The third-order valence-corrected chi connectivity index (χ3v) is 7.39. The van der Waals surface area contributed by atoms with Crippen molar-refractivity contribution < 1.29 is 23.5 Å². The number of nitrogens with zero attached hydrogens (tertiary/aromatic N) is 3. The summed E-state index contributed by atoms with van der Waals surface area (Å²) in [5.41, 5.74) is 2.76. The van der Waals surface area contributed by atoms with Gasteiger partial charge in [0.25, 0.3) is 0 Å². The van der Waals surface area contributed by atoms with Crippen LogP contribution in [0.15, 0.2) is 54.9 Å². The van der Waals surface area contributed by atoms with Gasteiger partial charge in [0.05, 0.1) is 27.4 Å². The number of urea groups is 1. The molecule has 0 bridgehead atoms. The maximum Gasteiger partial charge on any atom is 0.319 e. The molecule has 6 rings (SSSR count). The van der Waals surface area contributed by atoms with Crippen molar-refractivity contribution in [2.75, 3.05) is 25.1 Å². The first-order chi connectivity index (χ1) is 18.5. The number of amides is 3. The first-order valence-electron chi connectivity index (χ1n) is 12.3. The highest BCUT2D eigenvalue weighted by Crippen LogP contribution is 2.39. The Morgan fingerprint density at radius 3 is 2.82 bits per heavy atom. The first kappa shape index (κ1) is 24.3. The summed E-state index contributed by atoms with van der Waals surface area (Å²) in [5, 5.41) is 5.44. The van der Waals surface area contributed by atoms with Crippen LogP contribution in [0.5, 0.6) is 11.5 Å². The molecule has 2 fully saturated rings. The van der Waals surface area contributed by atoms with Gasteiger partial charge in [-0.2, -0.15) is 0 Å². The molecule has 3 amide bonds. The molecule has 2 aliphatic rings. The van der Waals surface area contributed by atoms with Crippen molar-refractivity contribution >= 4 is 39.2 Å². The number of pyridine rings is 2. The van der Waals surface area contributed by atoms with Crippen LogP contribution in [0.4, 0.5) is 14.9 Å². The van der Waals surface area contributed by atoms with Gasteiger partial charge in [-0.15, -0.1) is 11.3 Å². The molecule has 3 aromatic heterocycles. The van der Waals surface area contributed by atoms with E-state index in [1.54, 1.807) is 29.4 Å². The van der Waals surface area contributed by atoms with Crippen molar-refractivity contribution in [3.63, 3.8) is 0 Å². The van der Waals surface area contributed by atoms with E-state index < -0.39 is 5.82 Å². The zero-order valence-electron chi connectivity index (χ0n) is 20.3. The lowest BCUT2D eigenvalue weighted by atomic mass is 10.2. The number of thiophene rings is 1. The van der Waals surface area contributed by atoms with Gasteiger partial charge < -0.3 is 25.0 Å². The normalized spacial score (nSPS) is 15.5. The van der Waals surface area contributed by atoms with Crippen molar-refractivity contribution in [2.24, 2.45) is 0 Å². The van der Waals surface area contributed by atoms with E-state index in [1.165, 1.54) is 23.5 Å². The van der Waals surface area contributed by atoms with Crippen LogP contribution >= 0.6 is 11.3 Å². The van der Waals surface area contributed by atoms with Gasteiger partial charge >= 0.3 is 6.03 Å². The molecule has 1 aliphatic carbocycles. The molecule has 0 unspecified atom stereocenters. The predicted molar refractivity (Wildman–Crippen MR) is 141 cm³/mol. The minimum atomic E-state index is -0.591. The molecule has 0 atom stereocenters. The number of hydrogen-bond donors (Lipinski definition) is 2. The van der Waals surface area contributed by atoms with Gasteiger partial charge in [-0.25, -0.2) is 9.18 Å². The summed E-state index contributed by atoms with van der Waals surface area (Å²) in [6, 6.07) is 11.7. The summed E-state index contributed by atoms with van der Waals surface area (Å²) in [5.74, 6) is -0.0997. The van der Waals surface area contributed by atoms with E-state index >= 15 is 0 Å². The summed E-state index contributed by atoms with van der Waals surface area (Å²) in [4.78, 5) is 35.6. The fraction of sp³-hybridized carbons (Fsp3) is 0.259. The van der Waals surface area contributed by atoms with Gasteiger partial charge in [-0.1, -0.05) is 6.07 Å². The second-order valence-electron chi connectivity index (χ2n) is 9.17. The molecule has 194 valence electrons. The Morgan fingerprint density at radius 2 is 2.05 bits per heavy atom. The second-order valence-corrected chi connectivity index (χ2v) is 10.2. The third kappa shape index (κ3) is 5.43. The molecule has 1 aliphatic heterocycles. The molecule has 11 heteroatoms. The number of anilines is 1. The van der Waals surface area contributed by atoms with E-state index in [4.69, 9.17) is 9.47 Å². The van der Waals surface area contributed by atoms with Crippen LogP contribution in [0.25, 0.3) is 20.8 Å². The molecule has 1 saturated heterocycles. The van der Waals surface area contributed by atoms with Gasteiger partial charge in [0.15, 0.2) is 11.6 Å². The van der Waals surface area contributed by atoms with Gasteiger partial charge in [0.2, 0.25) is 5.91 Å². The van der Waals surface area contributed by atoms with Crippen LogP contribution in [-0.2, 0) is 16.1 Å². The van der Waals surface area contributed by atoms with Crippen LogP contribution in [0, 0.1) is 5.82 Å². The number of benzene rings is 1. The molecule has 0 spiro atoms. The largest absolute Gasteiger partial charge is 0.453 e. The minimum Gasteiger partial charge on any atom is -0.453 e. The van der Waals surface area contributed by atoms with Crippen LogP contribution in [-0.4, -0.2) is 52.6 Å². The number of halogens is 1. The fourth-order valence-corrected chi connectivity index (χ4v) is 5.13. The molecule has 38 heavy (non-hydrogen) atoms. The summed E-state index contributed by atoms with van der Waals surface area (Å²) in [7, 11) is 0. The maximum atomic E-state index is 14.8. The minimum absolute atomic E-state index is 0.0233. The Kier molecular flexibility index (Phi) is 6.61. The van der Waals surface area contributed by atoms with E-state index in [0.717, 1.165) is 33.7 Å². The topological polar surface area (TPSA) is 106 Å². The van der Waals surface area contributed by atoms with E-state index in [-0.39, 0.29) is 30.3 Å². The molecule has 4 aromatic rings. The Bertz CT molecular complexity index is 1510. The average molecular weight is 534 g/mol. The number of carbonyl (C=O) groups excluding carboxylic acids is 2. The lowest BCUT2D eigenvalue weighted by molar-refractivity contribution is -0.143. The zero-order chi connectivity index (χ0) is 26.1. The fourth-order valence-electron chi connectivity index (χ4n) is 4.08. The van der Waals surface area contributed by atoms with Gasteiger partial charge in [-0.3, -0.25) is 14.8 Å². The smallest absolute Gasteiger partial charge is 0.319 e. The molecular weight excluding hydrogens is 509 g/mol. The SMILES string of the molecule is O=C(Nc1ccc(Oc2ccnc3cc(-c4ccc(CN5CCOCC5=O)cn4)sc23)c(F)c1)NC1CC1. The lowest BCUT2D eigenvalue weighted by Crippen LogP contribution is -2.40. The number of rotatable bonds is 7.